The van der Waals surface area contributed by atoms with E-state index in [4.69, 9.17) is 0 Å². The first-order valence-corrected chi connectivity index (χ1v) is 13.3. The molecule has 2 aliphatic heterocycles. The minimum atomic E-state index is -3.80. The molecule has 0 spiro atoms. The standard InChI is InChI=1S/C25H33N3O4S/c1-2-19-7-10-22(11-8-19)33(31,32)26-21-9-12-24(23(16-21)25(29)30)28-15-5-6-20(18-28)17-27-13-3-4-14-27/h7-12,16,20,26H,2-6,13-15,17-18H2,1H3,(H,29,30). The number of likely N-dealkylation sites (tertiary alicyclic amines) is 1. The summed E-state index contributed by atoms with van der Waals surface area (Å²) in [5.74, 6) is -0.539. The molecule has 0 radical (unpaired) electrons. The van der Waals surface area contributed by atoms with Crippen LogP contribution >= 0.6 is 0 Å². The third-order valence-electron chi connectivity index (χ3n) is 6.70. The van der Waals surface area contributed by atoms with Gasteiger partial charge in [0.2, 0.25) is 0 Å². The number of hydrogen-bond donors (Lipinski definition) is 2. The van der Waals surface area contributed by atoms with Crippen molar-refractivity contribution in [2.45, 2.75) is 43.9 Å². The summed E-state index contributed by atoms with van der Waals surface area (Å²) in [4.78, 5) is 16.9. The highest BCUT2D eigenvalue weighted by Gasteiger charge is 2.26. The zero-order valence-electron chi connectivity index (χ0n) is 19.2. The van der Waals surface area contributed by atoms with Gasteiger partial charge in [0.25, 0.3) is 10.0 Å². The van der Waals surface area contributed by atoms with Gasteiger partial charge in [0, 0.05) is 25.3 Å². The number of anilines is 2. The van der Waals surface area contributed by atoms with Gasteiger partial charge in [-0.15, -0.1) is 0 Å². The maximum Gasteiger partial charge on any atom is 0.337 e. The first kappa shape index (κ1) is 23.6. The van der Waals surface area contributed by atoms with E-state index >= 15 is 0 Å². The lowest BCUT2D eigenvalue weighted by Gasteiger charge is -2.36. The van der Waals surface area contributed by atoms with Crippen LogP contribution in [0.3, 0.4) is 0 Å². The van der Waals surface area contributed by atoms with Crippen molar-refractivity contribution in [3.63, 3.8) is 0 Å². The largest absolute Gasteiger partial charge is 0.478 e. The van der Waals surface area contributed by atoms with Gasteiger partial charge >= 0.3 is 5.97 Å². The Bertz CT molecular complexity index is 1080. The monoisotopic (exact) mass is 471 g/mol. The lowest BCUT2D eigenvalue weighted by molar-refractivity contribution is 0.0697. The lowest BCUT2D eigenvalue weighted by atomic mass is 9.96. The summed E-state index contributed by atoms with van der Waals surface area (Å²) < 4.78 is 28.1. The molecule has 33 heavy (non-hydrogen) atoms. The van der Waals surface area contributed by atoms with Crippen molar-refractivity contribution in [2.24, 2.45) is 5.92 Å². The Morgan fingerprint density at radius 2 is 1.79 bits per heavy atom. The van der Waals surface area contributed by atoms with Gasteiger partial charge in [-0.3, -0.25) is 4.72 Å². The number of benzene rings is 2. The van der Waals surface area contributed by atoms with Crippen LogP contribution in [0.2, 0.25) is 0 Å². The maximum absolute atomic E-state index is 12.8. The topological polar surface area (TPSA) is 90.0 Å². The van der Waals surface area contributed by atoms with Crippen molar-refractivity contribution in [3.8, 4) is 0 Å². The molecule has 0 aromatic heterocycles. The number of carbonyl (C=O) groups is 1. The van der Waals surface area contributed by atoms with E-state index in [1.165, 1.54) is 18.9 Å². The first-order valence-electron chi connectivity index (χ1n) is 11.8. The Labute approximate surface area is 196 Å². The minimum absolute atomic E-state index is 0.123. The Kier molecular flexibility index (Phi) is 7.24. The average Bonchev–Trinajstić information content (AvgIpc) is 3.32. The van der Waals surface area contributed by atoms with Crippen LogP contribution in [-0.2, 0) is 16.4 Å². The van der Waals surface area contributed by atoms with E-state index in [0.717, 1.165) is 57.5 Å². The Hall–Kier alpha value is -2.58. The van der Waals surface area contributed by atoms with Crippen molar-refractivity contribution in [3.05, 3.63) is 53.6 Å². The summed E-state index contributed by atoms with van der Waals surface area (Å²) in [6.45, 7) is 7.03. The van der Waals surface area contributed by atoms with Crippen LogP contribution < -0.4 is 9.62 Å². The predicted octanol–water partition coefficient (Wildman–Crippen LogP) is 4.06. The lowest BCUT2D eigenvalue weighted by Crippen LogP contribution is -2.41. The molecule has 7 nitrogen and oxygen atoms in total. The summed E-state index contributed by atoms with van der Waals surface area (Å²) in [5.41, 5.74) is 2.08. The van der Waals surface area contributed by atoms with Crippen molar-refractivity contribution in [2.75, 3.05) is 42.3 Å². The highest BCUT2D eigenvalue weighted by atomic mass is 32.2. The van der Waals surface area contributed by atoms with Crippen LogP contribution in [0, 0.1) is 5.92 Å². The van der Waals surface area contributed by atoms with Gasteiger partial charge in [-0.1, -0.05) is 19.1 Å². The highest BCUT2D eigenvalue weighted by molar-refractivity contribution is 7.92. The maximum atomic E-state index is 12.8. The number of sulfonamides is 1. The zero-order chi connectivity index (χ0) is 23.4. The van der Waals surface area contributed by atoms with Crippen LogP contribution in [0.4, 0.5) is 11.4 Å². The molecule has 178 valence electrons. The molecule has 0 amide bonds. The van der Waals surface area contributed by atoms with Gasteiger partial charge in [-0.05, 0) is 87.0 Å². The molecule has 2 aromatic carbocycles. The summed E-state index contributed by atoms with van der Waals surface area (Å²) in [7, 11) is -3.80. The second-order valence-corrected chi connectivity index (χ2v) is 10.8. The van der Waals surface area contributed by atoms with Gasteiger partial charge in [0.15, 0.2) is 0 Å². The number of nitrogens with one attached hydrogen (secondary N) is 1. The Balaban J connectivity index is 1.51. The molecule has 8 heteroatoms. The molecule has 1 atom stereocenters. The summed E-state index contributed by atoms with van der Waals surface area (Å²) >= 11 is 0. The zero-order valence-corrected chi connectivity index (χ0v) is 20.0. The van der Waals surface area contributed by atoms with Crippen molar-refractivity contribution >= 4 is 27.4 Å². The van der Waals surface area contributed by atoms with E-state index < -0.39 is 16.0 Å². The summed E-state index contributed by atoms with van der Waals surface area (Å²) in [6, 6.07) is 11.5. The number of hydrogen-bond acceptors (Lipinski definition) is 5. The summed E-state index contributed by atoms with van der Waals surface area (Å²) in [5, 5.41) is 9.88. The molecule has 2 saturated heterocycles. The Morgan fingerprint density at radius 3 is 2.45 bits per heavy atom. The van der Waals surface area contributed by atoms with Crippen LogP contribution in [-0.4, -0.2) is 57.1 Å². The minimum Gasteiger partial charge on any atom is -0.478 e. The third-order valence-corrected chi connectivity index (χ3v) is 8.09. The van der Waals surface area contributed by atoms with Crippen LogP contribution in [0.5, 0.6) is 0 Å². The van der Waals surface area contributed by atoms with Crippen molar-refractivity contribution < 1.29 is 18.3 Å². The molecule has 0 bridgehead atoms. The predicted molar refractivity (Wildman–Crippen MR) is 131 cm³/mol. The Morgan fingerprint density at radius 1 is 1.06 bits per heavy atom. The van der Waals surface area contributed by atoms with Gasteiger partial charge in [0.05, 0.1) is 16.1 Å². The highest BCUT2D eigenvalue weighted by Crippen LogP contribution is 2.30. The quantitative estimate of drug-likeness (QED) is 0.604. The second-order valence-electron chi connectivity index (χ2n) is 9.10. The molecule has 2 N–H and O–H groups in total. The van der Waals surface area contributed by atoms with Crippen molar-refractivity contribution in [1.82, 2.24) is 4.90 Å². The number of carboxylic acid groups (broad SMARTS) is 1. The number of rotatable bonds is 8. The molecule has 0 saturated carbocycles. The molecule has 2 aliphatic rings. The molecule has 4 rings (SSSR count). The second kappa shape index (κ2) is 10.1. The fraction of sp³-hybridized carbons (Fsp3) is 0.480. The fourth-order valence-corrected chi connectivity index (χ4v) is 5.98. The van der Waals surface area contributed by atoms with Gasteiger partial charge in [-0.25, -0.2) is 13.2 Å². The number of carboxylic acids is 1. The van der Waals surface area contributed by atoms with E-state index in [0.29, 0.717) is 11.6 Å². The van der Waals surface area contributed by atoms with E-state index in [1.54, 1.807) is 36.4 Å². The van der Waals surface area contributed by atoms with Crippen LogP contribution in [0.25, 0.3) is 0 Å². The van der Waals surface area contributed by atoms with E-state index in [1.807, 2.05) is 6.92 Å². The fourth-order valence-electron chi connectivity index (χ4n) is 4.93. The smallest absolute Gasteiger partial charge is 0.337 e. The number of aromatic carboxylic acids is 1. The summed E-state index contributed by atoms with van der Waals surface area (Å²) in [6.07, 6.45) is 5.54. The first-order chi connectivity index (χ1) is 15.9. The van der Waals surface area contributed by atoms with E-state index in [-0.39, 0.29) is 16.1 Å². The molecule has 1 unspecified atom stereocenters. The normalized spacial score (nSPS) is 19.5. The van der Waals surface area contributed by atoms with Gasteiger partial charge in [-0.2, -0.15) is 0 Å². The molecule has 2 heterocycles. The van der Waals surface area contributed by atoms with Crippen LogP contribution in [0.15, 0.2) is 47.4 Å². The molecule has 0 aliphatic carbocycles. The van der Waals surface area contributed by atoms with E-state index in [2.05, 4.69) is 14.5 Å². The number of aryl methyl sites for hydroxylation is 1. The average molecular weight is 472 g/mol. The molecule has 2 aromatic rings. The van der Waals surface area contributed by atoms with Crippen molar-refractivity contribution in [1.29, 1.82) is 0 Å². The van der Waals surface area contributed by atoms with Gasteiger partial charge in [0.1, 0.15) is 0 Å². The molecule has 2 fully saturated rings. The number of nitrogens with zero attached hydrogens (tertiary/aromatic N) is 2. The van der Waals surface area contributed by atoms with Crippen LogP contribution in [0.1, 0.15) is 48.5 Å². The molecular formula is C25H33N3O4S. The molecular weight excluding hydrogens is 438 g/mol. The SMILES string of the molecule is CCc1ccc(S(=O)(=O)Nc2ccc(N3CCCC(CN4CCCC4)C3)c(C(=O)O)c2)cc1. The third kappa shape index (κ3) is 5.68. The van der Waals surface area contributed by atoms with Gasteiger partial charge < -0.3 is 14.9 Å². The number of piperidine rings is 1. The van der Waals surface area contributed by atoms with E-state index in [9.17, 15) is 18.3 Å².